The van der Waals surface area contributed by atoms with Crippen molar-refractivity contribution in [1.29, 1.82) is 0 Å². The summed E-state index contributed by atoms with van der Waals surface area (Å²) in [6, 6.07) is 4.14. The molecule has 0 aromatic carbocycles. The Bertz CT molecular complexity index is 400. The van der Waals surface area contributed by atoms with Crippen LogP contribution in [0.1, 0.15) is 29.2 Å². The summed E-state index contributed by atoms with van der Waals surface area (Å²) in [5.41, 5.74) is 0. The maximum Gasteiger partial charge on any atom is 0.373 e. The quantitative estimate of drug-likeness (QED) is 0.854. The van der Waals surface area contributed by atoms with Crippen molar-refractivity contribution in [2.45, 2.75) is 25.4 Å². The van der Waals surface area contributed by atoms with Gasteiger partial charge in [-0.2, -0.15) is 0 Å². The van der Waals surface area contributed by atoms with Gasteiger partial charge in [0.05, 0.1) is 13.7 Å². The molecule has 1 aliphatic heterocycles. The standard InChI is InChI=1S/C13H20N2O3.ClH/c1-14-10-5-7-15(8-6-10)9-11-3-4-12(18-11)13(16)17-2;/h3-4,10,14H,5-9H2,1-2H3;1H. The van der Waals surface area contributed by atoms with Crippen molar-refractivity contribution in [2.24, 2.45) is 0 Å². The van der Waals surface area contributed by atoms with Gasteiger partial charge in [-0.25, -0.2) is 4.79 Å². The number of carbonyl (C=O) groups excluding carboxylic acids is 1. The molecule has 0 atom stereocenters. The minimum atomic E-state index is -0.421. The summed E-state index contributed by atoms with van der Waals surface area (Å²) >= 11 is 0. The van der Waals surface area contributed by atoms with Crippen molar-refractivity contribution in [2.75, 3.05) is 27.2 Å². The molecular formula is C13H21ClN2O3. The van der Waals surface area contributed by atoms with E-state index in [0.29, 0.717) is 6.04 Å². The first kappa shape index (κ1) is 16.0. The summed E-state index contributed by atoms with van der Waals surface area (Å²) in [7, 11) is 3.36. The van der Waals surface area contributed by atoms with E-state index in [2.05, 4.69) is 15.0 Å². The summed E-state index contributed by atoms with van der Waals surface area (Å²) in [5.74, 6) is 0.672. The summed E-state index contributed by atoms with van der Waals surface area (Å²) in [4.78, 5) is 13.6. The Kier molecular flexibility index (Phi) is 6.34. The number of carbonyl (C=O) groups is 1. The second kappa shape index (κ2) is 7.53. The summed E-state index contributed by atoms with van der Waals surface area (Å²) in [6.07, 6.45) is 2.31. The van der Waals surface area contributed by atoms with Gasteiger partial charge in [0.15, 0.2) is 0 Å². The van der Waals surface area contributed by atoms with E-state index in [0.717, 1.165) is 38.2 Å². The van der Waals surface area contributed by atoms with Crippen molar-refractivity contribution in [3.63, 3.8) is 0 Å². The number of esters is 1. The molecule has 0 spiro atoms. The van der Waals surface area contributed by atoms with E-state index in [9.17, 15) is 4.79 Å². The number of rotatable bonds is 4. The normalized spacial score (nSPS) is 16.9. The largest absolute Gasteiger partial charge is 0.463 e. The van der Waals surface area contributed by atoms with Crippen LogP contribution in [0.3, 0.4) is 0 Å². The van der Waals surface area contributed by atoms with E-state index >= 15 is 0 Å². The van der Waals surface area contributed by atoms with Gasteiger partial charge in [0.2, 0.25) is 5.76 Å². The third-order valence-electron chi connectivity index (χ3n) is 3.42. The monoisotopic (exact) mass is 288 g/mol. The molecule has 1 saturated heterocycles. The minimum absolute atomic E-state index is 0. The first-order valence-electron chi connectivity index (χ1n) is 6.29. The number of methoxy groups -OCH3 is 1. The van der Waals surface area contributed by atoms with Gasteiger partial charge in [-0.15, -0.1) is 12.4 Å². The molecule has 0 aliphatic carbocycles. The Morgan fingerprint density at radius 2 is 2.16 bits per heavy atom. The summed E-state index contributed by atoms with van der Waals surface area (Å²) in [6.45, 7) is 2.87. The maximum absolute atomic E-state index is 11.3. The van der Waals surface area contributed by atoms with Crippen LogP contribution >= 0.6 is 12.4 Å². The van der Waals surface area contributed by atoms with Crippen molar-refractivity contribution >= 4 is 18.4 Å². The third-order valence-corrected chi connectivity index (χ3v) is 3.42. The number of likely N-dealkylation sites (tertiary alicyclic amines) is 1. The van der Waals surface area contributed by atoms with E-state index < -0.39 is 5.97 Å². The van der Waals surface area contributed by atoms with Crippen molar-refractivity contribution < 1.29 is 13.9 Å². The third kappa shape index (κ3) is 4.23. The Hall–Kier alpha value is -1.04. The van der Waals surface area contributed by atoms with E-state index in [-0.39, 0.29) is 18.2 Å². The second-order valence-electron chi connectivity index (χ2n) is 4.60. The highest BCUT2D eigenvalue weighted by Gasteiger charge is 2.19. The van der Waals surface area contributed by atoms with Crippen molar-refractivity contribution in [1.82, 2.24) is 10.2 Å². The molecule has 0 amide bonds. The topological polar surface area (TPSA) is 54.7 Å². The number of furan rings is 1. The average Bonchev–Trinajstić information content (AvgIpc) is 2.87. The fourth-order valence-electron chi connectivity index (χ4n) is 2.27. The Labute approximate surface area is 119 Å². The first-order chi connectivity index (χ1) is 8.72. The van der Waals surface area contributed by atoms with Gasteiger partial charge in [0.25, 0.3) is 0 Å². The number of halogens is 1. The molecule has 2 rings (SSSR count). The molecule has 0 radical (unpaired) electrons. The molecule has 5 nitrogen and oxygen atoms in total. The van der Waals surface area contributed by atoms with Crippen LogP contribution in [-0.4, -0.2) is 44.2 Å². The first-order valence-corrected chi connectivity index (χ1v) is 6.29. The summed E-state index contributed by atoms with van der Waals surface area (Å²) in [5, 5.41) is 3.30. The SMILES string of the molecule is CNC1CCN(Cc2ccc(C(=O)OC)o2)CC1.Cl. The van der Waals surface area contributed by atoms with Gasteiger partial charge < -0.3 is 14.5 Å². The molecule has 0 unspecified atom stereocenters. The highest BCUT2D eigenvalue weighted by molar-refractivity contribution is 5.86. The molecule has 1 aromatic heterocycles. The highest BCUT2D eigenvalue weighted by Crippen LogP contribution is 2.16. The molecule has 1 N–H and O–H groups in total. The van der Waals surface area contributed by atoms with Crippen LogP contribution in [0, 0.1) is 0 Å². The highest BCUT2D eigenvalue weighted by atomic mass is 35.5. The minimum Gasteiger partial charge on any atom is -0.463 e. The molecule has 0 bridgehead atoms. The fraction of sp³-hybridized carbons (Fsp3) is 0.615. The van der Waals surface area contributed by atoms with Crippen LogP contribution in [0.4, 0.5) is 0 Å². The lowest BCUT2D eigenvalue weighted by Gasteiger charge is -2.30. The number of hydrogen-bond donors (Lipinski definition) is 1. The van der Waals surface area contributed by atoms with Crippen molar-refractivity contribution in [3.8, 4) is 0 Å². The Morgan fingerprint density at radius 1 is 1.47 bits per heavy atom. The van der Waals surface area contributed by atoms with Gasteiger partial charge in [0.1, 0.15) is 5.76 Å². The van der Waals surface area contributed by atoms with Gasteiger partial charge in [0, 0.05) is 19.1 Å². The van der Waals surface area contributed by atoms with E-state index in [1.807, 2.05) is 13.1 Å². The number of piperidine rings is 1. The predicted molar refractivity (Wildman–Crippen MR) is 74.7 cm³/mol. The molecular weight excluding hydrogens is 268 g/mol. The van der Waals surface area contributed by atoms with E-state index in [1.54, 1.807) is 6.07 Å². The molecule has 1 aliphatic rings. The van der Waals surface area contributed by atoms with Crippen molar-refractivity contribution in [3.05, 3.63) is 23.7 Å². The van der Waals surface area contributed by atoms with E-state index in [4.69, 9.17) is 4.42 Å². The van der Waals surface area contributed by atoms with Gasteiger partial charge in [-0.1, -0.05) is 0 Å². The molecule has 19 heavy (non-hydrogen) atoms. The Morgan fingerprint density at radius 3 is 2.74 bits per heavy atom. The zero-order valence-corrected chi connectivity index (χ0v) is 12.2. The Balaban J connectivity index is 0.00000180. The zero-order chi connectivity index (χ0) is 13.0. The summed E-state index contributed by atoms with van der Waals surface area (Å²) < 4.78 is 10.1. The number of ether oxygens (including phenoxy) is 1. The maximum atomic E-state index is 11.3. The van der Waals surface area contributed by atoms with E-state index in [1.165, 1.54) is 7.11 Å². The predicted octanol–water partition coefficient (Wildman–Crippen LogP) is 1.67. The molecule has 1 aromatic rings. The van der Waals surface area contributed by atoms with Gasteiger partial charge in [-0.05, 0) is 32.0 Å². The molecule has 108 valence electrons. The lowest BCUT2D eigenvalue weighted by Crippen LogP contribution is -2.40. The van der Waals surface area contributed by atoms with Crippen LogP contribution in [-0.2, 0) is 11.3 Å². The van der Waals surface area contributed by atoms with Gasteiger partial charge >= 0.3 is 5.97 Å². The number of nitrogens with one attached hydrogen (secondary N) is 1. The zero-order valence-electron chi connectivity index (χ0n) is 11.3. The molecule has 2 heterocycles. The fourth-order valence-corrected chi connectivity index (χ4v) is 2.27. The second-order valence-corrected chi connectivity index (χ2v) is 4.60. The van der Waals surface area contributed by atoms with Crippen LogP contribution in [0.15, 0.2) is 16.5 Å². The van der Waals surface area contributed by atoms with Crippen LogP contribution in [0.2, 0.25) is 0 Å². The van der Waals surface area contributed by atoms with Gasteiger partial charge in [-0.3, -0.25) is 4.90 Å². The van der Waals surface area contributed by atoms with Crippen LogP contribution in [0.25, 0.3) is 0 Å². The van der Waals surface area contributed by atoms with Crippen LogP contribution < -0.4 is 5.32 Å². The average molecular weight is 289 g/mol. The lowest BCUT2D eigenvalue weighted by molar-refractivity contribution is 0.0560. The lowest BCUT2D eigenvalue weighted by atomic mass is 10.1. The molecule has 6 heteroatoms. The molecule has 1 fully saturated rings. The number of nitrogens with zero attached hydrogens (tertiary/aromatic N) is 1. The number of hydrogen-bond acceptors (Lipinski definition) is 5. The van der Waals surface area contributed by atoms with Crippen LogP contribution in [0.5, 0.6) is 0 Å². The molecule has 0 saturated carbocycles. The smallest absolute Gasteiger partial charge is 0.373 e.